The van der Waals surface area contributed by atoms with Crippen LogP contribution in [-0.2, 0) is 12.8 Å². The van der Waals surface area contributed by atoms with Crippen LogP contribution in [0.2, 0.25) is 0 Å². The zero-order chi connectivity index (χ0) is 17.3. The lowest BCUT2D eigenvalue weighted by atomic mass is 9.84. The summed E-state index contributed by atoms with van der Waals surface area (Å²) in [5.41, 5.74) is 1.89. The summed E-state index contributed by atoms with van der Waals surface area (Å²) in [5, 5.41) is 18.9. The summed E-state index contributed by atoms with van der Waals surface area (Å²) < 4.78 is 1.76. The van der Waals surface area contributed by atoms with Crippen molar-refractivity contribution in [2.45, 2.75) is 94.7 Å². The highest BCUT2D eigenvalue weighted by Crippen LogP contribution is 2.30. The fourth-order valence-electron chi connectivity index (χ4n) is 4.92. The Morgan fingerprint density at radius 1 is 1.12 bits per heavy atom. The Kier molecular flexibility index (Phi) is 4.96. The Balaban J connectivity index is 1.32. The second-order valence-corrected chi connectivity index (χ2v) is 8.42. The molecule has 5 heteroatoms. The van der Waals surface area contributed by atoms with E-state index in [9.17, 15) is 9.90 Å². The molecule has 0 atom stereocenters. The molecule has 3 aliphatic rings. The molecule has 0 bridgehead atoms. The van der Waals surface area contributed by atoms with Gasteiger partial charge >= 0.3 is 0 Å². The van der Waals surface area contributed by atoms with Crippen LogP contribution in [0.25, 0.3) is 0 Å². The molecule has 3 aliphatic carbocycles. The van der Waals surface area contributed by atoms with Crippen LogP contribution in [0.4, 0.5) is 0 Å². The maximum atomic E-state index is 12.4. The number of nitrogens with zero attached hydrogens (tertiary/aromatic N) is 2. The van der Waals surface area contributed by atoms with Crippen LogP contribution in [0.1, 0.15) is 81.5 Å². The van der Waals surface area contributed by atoms with E-state index in [0.717, 1.165) is 88.4 Å². The predicted molar refractivity (Wildman–Crippen MR) is 97.9 cm³/mol. The number of rotatable bonds is 4. The molecule has 4 rings (SSSR count). The minimum Gasteiger partial charge on any atom is -0.389 e. The molecule has 0 aliphatic heterocycles. The molecule has 1 heterocycles. The first-order valence-corrected chi connectivity index (χ1v) is 10.2. The number of nitrogens with one attached hydrogen (secondary N) is 1. The molecule has 2 N–H and O–H groups in total. The monoisotopic (exact) mass is 345 g/mol. The molecule has 2 saturated carbocycles. The summed E-state index contributed by atoms with van der Waals surface area (Å²) in [6.45, 7) is 0.722. The van der Waals surface area contributed by atoms with E-state index in [-0.39, 0.29) is 11.6 Å². The van der Waals surface area contributed by atoms with Crippen LogP contribution < -0.4 is 10.9 Å². The van der Waals surface area contributed by atoms with Crippen LogP contribution in [-0.4, -0.2) is 33.1 Å². The van der Waals surface area contributed by atoms with Gasteiger partial charge < -0.3 is 10.4 Å². The number of fused-ring (bicyclic) bond motifs is 1. The van der Waals surface area contributed by atoms with Crippen molar-refractivity contribution in [2.24, 2.45) is 0 Å². The molecular formula is C20H31N3O2. The molecule has 2 fully saturated rings. The highest BCUT2D eigenvalue weighted by molar-refractivity contribution is 5.22. The zero-order valence-electron chi connectivity index (χ0n) is 15.2. The summed E-state index contributed by atoms with van der Waals surface area (Å²) in [5.74, 6) is 0. The van der Waals surface area contributed by atoms with E-state index in [4.69, 9.17) is 0 Å². The van der Waals surface area contributed by atoms with Gasteiger partial charge in [0.1, 0.15) is 0 Å². The topological polar surface area (TPSA) is 67.2 Å². The van der Waals surface area contributed by atoms with Crippen LogP contribution in [0, 0.1) is 0 Å². The van der Waals surface area contributed by atoms with Crippen molar-refractivity contribution in [3.8, 4) is 0 Å². The van der Waals surface area contributed by atoms with E-state index in [1.54, 1.807) is 4.68 Å². The van der Waals surface area contributed by atoms with Gasteiger partial charge in [0.15, 0.2) is 0 Å². The van der Waals surface area contributed by atoms with Crippen molar-refractivity contribution in [1.82, 2.24) is 15.1 Å². The molecule has 25 heavy (non-hydrogen) atoms. The van der Waals surface area contributed by atoms with Gasteiger partial charge in [0.25, 0.3) is 5.56 Å². The smallest absolute Gasteiger partial charge is 0.267 e. The first-order valence-electron chi connectivity index (χ1n) is 10.2. The van der Waals surface area contributed by atoms with E-state index in [0.29, 0.717) is 6.04 Å². The van der Waals surface area contributed by atoms with E-state index >= 15 is 0 Å². The molecule has 1 aromatic rings. The van der Waals surface area contributed by atoms with Crippen molar-refractivity contribution in [3.63, 3.8) is 0 Å². The number of hydrogen-bond acceptors (Lipinski definition) is 4. The first-order chi connectivity index (χ1) is 12.1. The third kappa shape index (κ3) is 3.82. The Bertz CT molecular complexity index is 655. The summed E-state index contributed by atoms with van der Waals surface area (Å²) in [6, 6.07) is 2.53. The molecule has 0 saturated heterocycles. The number of aromatic nitrogens is 2. The zero-order valence-corrected chi connectivity index (χ0v) is 15.2. The van der Waals surface area contributed by atoms with Crippen LogP contribution in [0.15, 0.2) is 10.9 Å². The standard InChI is InChI=1S/C20H31N3O2/c24-19-13-15-5-4-6-18(15)22-23(19)17-9-7-16(8-10-17)21-14-20(25)11-2-1-3-12-20/h13,16-17,21,25H,1-12,14H2. The lowest BCUT2D eigenvalue weighted by molar-refractivity contribution is 0.00127. The van der Waals surface area contributed by atoms with Crippen molar-refractivity contribution in [3.05, 3.63) is 27.7 Å². The third-order valence-corrected chi connectivity index (χ3v) is 6.53. The Morgan fingerprint density at radius 3 is 2.64 bits per heavy atom. The molecule has 0 unspecified atom stereocenters. The molecule has 0 spiro atoms. The second kappa shape index (κ2) is 7.20. The maximum Gasteiger partial charge on any atom is 0.267 e. The van der Waals surface area contributed by atoms with Gasteiger partial charge in [0, 0.05) is 18.7 Å². The Hall–Kier alpha value is -1.20. The van der Waals surface area contributed by atoms with Gasteiger partial charge in [-0.15, -0.1) is 0 Å². The number of aryl methyl sites for hydroxylation is 2. The lowest BCUT2D eigenvalue weighted by Gasteiger charge is -2.36. The van der Waals surface area contributed by atoms with Crippen molar-refractivity contribution in [1.29, 1.82) is 0 Å². The van der Waals surface area contributed by atoms with Crippen molar-refractivity contribution in [2.75, 3.05) is 6.54 Å². The highest BCUT2D eigenvalue weighted by atomic mass is 16.3. The summed E-state index contributed by atoms with van der Waals surface area (Å²) in [7, 11) is 0. The number of hydrogen-bond donors (Lipinski definition) is 2. The quantitative estimate of drug-likeness (QED) is 0.880. The minimum atomic E-state index is -0.492. The molecule has 0 radical (unpaired) electrons. The van der Waals surface area contributed by atoms with Crippen molar-refractivity contribution < 1.29 is 5.11 Å². The minimum absolute atomic E-state index is 0.0774. The van der Waals surface area contributed by atoms with Crippen LogP contribution >= 0.6 is 0 Å². The largest absolute Gasteiger partial charge is 0.389 e. The predicted octanol–water partition coefficient (Wildman–Crippen LogP) is 2.50. The fraction of sp³-hybridized carbons (Fsp3) is 0.800. The molecule has 138 valence electrons. The van der Waals surface area contributed by atoms with E-state index < -0.39 is 5.60 Å². The van der Waals surface area contributed by atoms with Gasteiger partial charge in [0.2, 0.25) is 0 Å². The SMILES string of the molecule is O=c1cc2c(nn1C1CCC(NCC3(O)CCCCC3)CC1)CCC2. The van der Waals surface area contributed by atoms with Gasteiger partial charge in [-0.3, -0.25) is 4.79 Å². The van der Waals surface area contributed by atoms with Crippen LogP contribution in [0.5, 0.6) is 0 Å². The van der Waals surface area contributed by atoms with E-state index in [1.807, 2.05) is 6.07 Å². The summed E-state index contributed by atoms with van der Waals surface area (Å²) >= 11 is 0. The lowest BCUT2D eigenvalue weighted by Crippen LogP contribution is -2.47. The molecule has 5 nitrogen and oxygen atoms in total. The van der Waals surface area contributed by atoms with E-state index in [1.165, 1.54) is 6.42 Å². The molecule has 1 aromatic heterocycles. The van der Waals surface area contributed by atoms with Gasteiger partial charge in [-0.05, 0) is 63.4 Å². The van der Waals surface area contributed by atoms with Crippen molar-refractivity contribution >= 4 is 0 Å². The Labute approximate surface area is 149 Å². The van der Waals surface area contributed by atoms with Crippen LogP contribution in [0.3, 0.4) is 0 Å². The van der Waals surface area contributed by atoms with Gasteiger partial charge in [-0.2, -0.15) is 5.10 Å². The molecular weight excluding hydrogens is 314 g/mol. The second-order valence-electron chi connectivity index (χ2n) is 8.42. The maximum absolute atomic E-state index is 12.4. The van der Waals surface area contributed by atoms with Gasteiger partial charge in [-0.25, -0.2) is 4.68 Å². The summed E-state index contributed by atoms with van der Waals surface area (Å²) in [4.78, 5) is 12.4. The first kappa shape index (κ1) is 17.2. The molecule has 0 aromatic carbocycles. The fourth-order valence-corrected chi connectivity index (χ4v) is 4.92. The third-order valence-electron chi connectivity index (χ3n) is 6.53. The Morgan fingerprint density at radius 2 is 1.88 bits per heavy atom. The summed E-state index contributed by atoms with van der Waals surface area (Å²) in [6.07, 6.45) is 12.7. The van der Waals surface area contributed by atoms with Gasteiger partial charge in [-0.1, -0.05) is 19.3 Å². The number of aliphatic hydroxyl groups is 1. The average molecular weight is 345 g/mol. The van der Waals surface area contributed by atoms with Gasteiger partial charge in [0.05, 0.1) is 17.3 Å². The molecule has 0 amide bonds. The average Bonchev–Trinajstić information content (AvgIpc) is 3.08. The normalized spacial score (nSPS) is 28.7. The van der Waals surface area contributed by atoms with E-state index in [2.05, 4.69) is 10.4 Å². The highest BCUT2D eigenvalue weighted by Gasteiger charge is 2.31.